The second kappa shape index (κ2) is 11.5. The van der Waals surface area contributed by atoms with Crippen LogP contribution in [0.4, 0.5) is 11.6 Å². The summed E-state index contributed by atoms with van der Waals surface area (Å²) in [7, 11) is 0. The maximum atomic E-state index is 5.28. The van der Waals surface area contributed by atoms with Gasteiger partial charge in [0, 0.05) is 33.2 Å². The molecule has 2 aliphatic rings. The lowest BCUT2D eigenvalue weighted by Gasteiger charge is -2.27. The van der Waals surface area contributed by atoms with Gasteiger partial charge in [0.1, 0.15) is 0 Å². The Morgan fingerprint density at radius 3 is 2.00 bits per heavy atom. The molecule has 1 aliphatic heterocycles. The Labute approximate surface area is 290 Å². The highest BCUT2D eigenvalue weighted by atomic mass is 15.3. The molecule has 236 valence electrons. The van der Waals surface area contributed by atoms with Crippen LogP contribution in [-0.2, 0) is 0 Å². The Kier molecular flexibility index (Phi) is 6.56. The third kappa shape index (κ3) is 4.51. The van der Waals surface area contributed by atoms with Crippen LogP contribution < -0.4 is 4.90 Å². The fourth-order valence-corrected chi connectivity index (χ4v) is 7.71. The first kappa shape index (κ1) is 28.4. The van der Waals surface area contributed by atoms with Gasteiger partial charge in [0.15, 0.2) is 11.6 Å². The lowest BCUT2D eigenvalue weighted by atomic mass is 9.93. The molecule has 0 amide bonds. The minimum absolute atomic E-state index is 0.0500. The van der Waals surface area contributed by atoms with Crippen molar-refractivity contribution in [2.45, 2.75) is 12.5 Å². The van der Waals surface area contributed by atoms with Crippen LogP contribution in [0.1, 0.15) is 12.0 Å². The van der Waals surface area contributed by atoms with E-state index < -0.39 is 0 Å². The molecule has 0 fully saturated rings. The predicted octanol–water partition coefficient (Wildman–Crippen LogP) is 10.8. The van der Waals surface area contributed by atoms with Crippen molar-refractivity contribution in [3.63, 3.8) is 0 Å². The minimum Gasteiger partial charge on any atom is -0.309 e. The molecule has 6 aromatic carbocycles. The number of anilines is 2. The van der Waals surface area contributed by atoms with Crippen molar-refractivity contribution >= 4 is 39.0 Å². The van der Waals surface area contributed by atoms with Gasteiger partial charge in [0.05, 0.1) is 22.8 Å². The molecule has 5 heteroatoms. The van der Waals surface area contributed by atoms with Crippen molar-refractivity contribution in [2.75, 3.05) is 4.90 Å². The molecule has 0 saturated heterocycles. The van der Waals surface area contributed by atoms with Crippen LogP contribution in [0.5, 0.6) is 0 Å². The molecule has 1 unspecified atom stereocenters. The first-order valence-electron chi connectivity index (χ1n) is 17.1. The second-order valence-corrected chi connectivity index (χ2v) is 12.8. The van der Waals surface area contributed by atoms with Gasteiger partial charge in [-0.2, -0.15) is 9.97 Å². The molecule has 3 heterocycles. The van der Waals surface area contributed by atoms with Gasteiger partial charge in [-0.25, -0.2) is 4.98 Å². The van der Waals surface area contributed by atoms with Gasteiger partial charge in [-0.05, 0) is 59.5 Å². The first-order valence-corrected chi connectivity index (χ1v) is 17.1. The maximum Gasteiger partial charge on any atom is 0.234 e. The van der Waals surface area contributed by atoms with Crippen LogP contribution in [-0.4, -0.2) is 25.6 Å². The zero-order chi connectivity index (χ0) is 33.0. The quantitative estimate of drug-likeness (QED) is 0.188. The van der Waals surface area contributed by atoms with Gasteiger partial charge >= 0.3 is 0 Å². The Balaban J connectivity index is 1.21. The zero-order valence-corrected chi connectivity index (χ0v) is 27.2. The van der Waals surface area contributed by atoms with E-state index >= 15 is 0 Å². The Hall–Kier alpha value is -6.59. The summed E-state index contributed by atoms with van der Waals surface area (Å²) in [5, 5.41) is 2.49. The summed E-state index contributed by atoms with van der Waals surface area (Å²) in [5.74, 6) is 1.96. The molecule has 1 atom stereocenters. The summed E-state index contributed by atoms with van der Waals surface area (Å²) in [4.78, 5) is 17.9. The smallest absolute Gasteiger partial charge is 0.234 e. The molecule has 1 aliphatic carbocycles. The summed E-state index contributed by atoms with van der Waals surface area (Å²) in [6, 6.07) is 53.1. The molecule has 10 rings (SSSR count). The van der Waals surface area contributed by atoms with Gasteiger partial charge < -0.3 is 9.47 Å². The van der Waals surface area contributed by atoms with E-state index in [4.69, 9.17) is 15.0 Å². The standard InChI is InChI=1S/C45H31N5/c1-4-15-30(16-5-1)32-19-14-20-33(29-32)44-46-43(31-17-6-2-7-18-31)47-45(48-44)50-38-26-13-11-24-36(38)42-40(50)28-27-39-41(42)35-23-10-12-25-37(35)49(39)34-21-8-3-9-22-34/h1-25,27-29,38H,26H2. The number of para-hydroxylation sites is 2. The average molecular weight is 642 g/mol. The van der Waals surface area contributed by atoms with E-state index in [0.29, 0.717) is 17.6 Å². The van der Waals surface area contributed by atoms with Crippen molar-refractivity contribution in [1.29, 1.82) is 0 Å². The van der Waals surface area contributed by atoms with E-state index in [1.807, 2.05) is 24.3 Å². The largest absolute Gasteiger partial charge is 0.309 e. The third-order valence-corrected chi connectivity index (χ3v) is 9.92. The third-order valence-electron chi connectivity index (χ3n) is 9.92. The normalized spacial score (nSPS) is 14.9. The van der Waals surface area contributed by atoms with Crippen LogP contribution in [0, 0.1) is 0 Å². The topological polar surface area (TPSA) is 46.8 Å². The number of hydrogen-bond acceptors (Lipinski definition) is 4. The van der Waals surface area contributed by atoms with E-state index in [-0.39, 0.29) is 6.04 Å². The van der Waals surface area contributed by atoms with Gasteiger partial charge in [-0.15, -0.1) is 0 Å². The fourth-order valence-electron chi connectivity index (χ4n) is 7.71. The summed E-state index contributed by atoms with van der Waals surface area (Å²) in [5.41, 5.74) is 11.4. The molecule has 0 radical (unpaired) electrons. The van der Waals surface area contributed by atoms with Gasteiger partial charge in [-0.3, -0.25) is 0 Å². The van der Waals surface area contributed by atoms with Gasteiger partial charge in [0.25, 0.3) is 0 Å². The van der Waals surface area contributed by atoms with Crippen molar-refractivity contribution in [1.82, 2.24) is 19.5 Å². The van der Waals surface area contributed by atoms with E-state index in [0.717, 1.165) is 40.0 Å². The Morgan fingerprint density at radius 2 is 1.20 bits per heavy atom. The maximum absolute atomic E-state index is 5.28. The van der Waals surface area contributed by atoms with E-state index in [1.165, 1.54) is 32.9 Å². The van der Waals surface area contributed by atoms with Gasteiger partial charge in [0.2, 0.25) is 5.95 Å². The molecule has 50 heavy (non-hydrogen) atoms. The number of aromatic nitrogens is 4. The second-order valence-electron chi connectivity index (χ2n) is 12.8. The van der Waals surface area contributed by atoms with Crippen LogP contribution in [0.25, 0.3) is 67.0 Å². The van der Waals surface area contributed by atoms with E-state index in [1.54, 1.807) is 0 Å². The van der Waals surface area contributed by atoms with Crippen molar-refractivity contribution < 1.29 is 0 Å². The molecule has 5 nitrogen and oxygen atoms in total. The molecular weight excluding hydrogens is 611 g/mol. The van der Waals surface area contributed by atoms with Crippen LogP contribution in [0.2, 0.25) is 0 Å². The molecule has 2 aromatic heterocycles. The number of rotatable bonds is 5. The monoisotopic (exact) mass is 641 g/mol. The van der Waals surface area contributed by atoms with Crippen molar-refractivity contribution in [2.24, 2.45) is 0 Å². The summed E-state index contributed by atoms with van der Waals surface area (Å²) >= 11 is 0. The van der Waals surface area contributed by atoms with Crippen LogP contribution >= 0.6 is 0 Å². The number of benzene rings is 6. The summed E-state index contributed by atoms with van der Waals surface area (Å²) in [6.45, 7) is 0. The first-order chi connectivity index (χ1) is 24.8. The van der Waals surface area contributed by atoms with E-state index in [2.05, 4.69) is 155 Å². The molecular formula is C45H31N5. The summed E-state index contributed by atoms with van der Waals surface area (Å²) < 4.78 is 2.39. The zero-order valence-electron chi connectivity index (χ0n) is 27.2. The number of fused-ring (bicyclic) bond motifs is 7. The molecule has 8 aromatic rings. The van der Waals surface area contributed by atoms with Crippen molar-refractivity contribution in [3.05, 3.63) is 175 Å². The van der Waals surface area contributed by atoms with Crippen molar-refractivity contribution in [3.8, 4) is 39.6 Å². The number of allylic oxidation sites excluding steroid dienone is 2. The summed E-state index contributed by atoms with van der Waals surface area (Å²) in [6.07, 6.45) is 7.58. The molecule has 0 spiro atoms. The molecule has 0 bridgehead atoms. The van der Waals surface area contributed by atoms with Gasteiger partial charge in [-0.1, -0.05) is 133 Å². The number of nitrogens with zero attached hydrogens (tertiary/aromatic N) is 5. The van der Waals surface area contributed by atoms with E-state index in [9.17, 15) is 0 Å². The minimum atomic E-state index is 0.0500. The lowest BCUT2D eigenvalue weighted by molar-refractivity contribution is 0.798. The van der Waals surface area contributed by atoms with Crippen LogP contribution in [0.3, 0.4) is 0 Å². The lowest BCUT2D eigenvalue weighted by Crippen LogP contribution is -2.29. The van der Waals surface area contributed by atoms with Crippen LogP contribution in [0.15, 0.2) is 170 Å². The highest BCUT2D eigenvalue weighted by Crippen LogP contribution is 2.51. The highest BCUT2D eigenvalue weighted by molar-refractivity contribution is 6.18. The predicted molar refractivity (Wildman–Crippen MR) is 205 cm³/mol. The number of hydrogen-bond donors (Lipinski definition) is 0. The molecule has 0 N–H and O–H groups in total. The average Bonchev–Trinajstić information content (AvgIpc) is 3.72. The Bertz CT molecular complexity index is 2620. The highest BCUT2D eigenvalue weighted by Gasteiger charge is 2.39. The fraction of sp³-hybridized carbons (Fsp3) is 0.0444. The SMILES string of the molecule is C1=CCC2C(=C1)c1c(ccc3c1c1ccccc1n3-c1ccccc1)N2c1nc(-c2ccccc2)nc(-c2cccc(-c3ccccc3)c2)n1. The Morgan fingerprint density at radius 1 is 0.540 bits per heavy atom. The molecule has 0 saturated carbocycles.